The molecule has 2 aromatic carbocycles. The van der Waals surface area contributed by atoms with Crippen molar-refractivity contribution >= 4 is 38.2 Å². The molecule has 0 radical (unpaired) electrons. The third-order valence-electron chi connectivity index (χ3n) is 6.58. The van der Waals surface area contributed by atoms with Crippen LogP contribution in [-0.2, 0) is 23.0 Å². The Kier molecular flexibility index (Phi) is 4.27. The normalized spacial score (nSPS) is 20.1. The quantitative estimate of drug-likeness (QED) is 0.544. The molecule has 4 nitrogen and oxygen atoms in total. The minimum absolute atomic E-state index is 0.0142. The van der Waals surface area contributed by atoms with Crippen LogP contribution in [0.3, 0.4) is 0 Å². The van der Waals surface area contributed by atoms with E-state index in [1.807, 2.05) is 12.1 Å². The maximum Gasteiger partial charge on any atom is 0.235 e. The van der Waals surface area contributed by atoms with Gasteiger partial charge in [0.2, 0.25) is 10.0 Å². The Morgan fingerprint density at radius 3 is 2.59 bits per heavy atom. The van der Waals surface area contributed by atoms with Gasteiger partial charge in [-0.15, -0.1) is 0 Å². The van der Waals surface area contributed by atoms with Crippen molar-refractivity contribution in [1.82, 2.24) is 4.57 Å². The lowest BCUT2D eigenvalue weighted by molar-refractivity contribution is 0.472. The third-order valence-corrected chi connectivity index (χ3v) is 8.72. The van der Waals surface area contributed by atoms with Crippen LogP contribution in [0.5, 0.6) is 0 Å². The predicted molar refractivity (Wildman–Crippen MR) is 121 cm³/mol. The number of aryl methyl sites for hydroxylation is 1. The Balaban J connectivity index is 1.91. The molecule has 0 saturated carbocycles. The second-order valence-corrected chi connectivity index (χ2v) is 10.7. The summed E-state index contributed by atoms with van der Waals surface area (Å²) >= 11 is 6.14. The van der Waals surface area contributed by atoms with Crippen molar-refractivity contribution in [2.75, 3.05) is 10.1 Å². The number of hydrogen-bond acceptors (Lipinski definition) is 2. The molecule has 3 heterocycles. The second-order valence-electron chi connectivity index (χ2n) is 8.25. The molecule has 2 aliphatic heterocycles. The Labute approximate surface area is 177 Å². The van der Waals surface area contributed by atoms with E-state index in [0.29, 0.717) is 5.02 Å². The van der Waals surface area contributed by atoms with Gasteiger partial charge < -0.3 is 4.57 Å². The molecule has 0 spiro atoms. The van der Waals surface area contributed by atoms with Crippen LogP contribution in [0.2, 0.25) is 5.02 Å². The van der Waals surface area contributed by atoms with Crippen molar-refractivity contribution in [2.24, 2.45) is 0 Å². The average molecular weight is 429 g/mol. The van der Waals surface area contributed by atoms with E-state index in [1.165, 1.54) is 16.8 Å². The summed E-state index contributed by atoms with van der Waals surface area (Å²) in [5, 5.41) is 1.86. The SMILES string of the molecule is CCc1c(C)c2c3c(cc(C)n3C[C@@H]3CCCS(=O)(=O)N23)c1-c1ccc(Cl)cc1. The lowest BCUT2D eigenvalue weighted by atomic mass is 9.89. The van der Waals surface area contributed by atoms with Crippen LogP contribution in [0.4, 0.5) is 5.69 Å². The molecule has 1 saturated heterocycles. The Morgan fingerprint density at radius 2 is 1.90 bits per heavy atom. The van der Waals surface area contributed by atoms with Crippen molar-refractivity contribution in [3.05, 3.63) is 52.2 Å². The van der Waals surface area contributed by atoms with Crippen molar-refractivity contribution in [3.8, 4) is 11.1 Å². The van der Waals surface area contributed by atoms with Gasteiger partial charge in [0.25, 0.3) is 0 Å². The number of anilines is 1. The molecule has 0 unspecified atom stereocenters. The van der Waals surface area contributed by atoms with Gasteiger partial charge in [0.1, 0.15) is 0 Å². The summed E-state index contributed by atoms with van der Waals surface area (Å²) < 4.78 is 30.3. The third kappa shape index (κ3) is 2.67. The van der Waals surface area contributed by atoms with Gasteiger partial charge in [-0.05, 0) is 73.6 Å². The molecule has 2 aliphatic rings. The minimum Gasteiger partial charge on any atom is -0.341 e. The minimum atomic E-state index is -3.29. The number of nitrogens with zero attached hydrogens (tertiary/aromatic N) is 2. The summed E-state index contributed by atoms with van der Waals surface area (Å²) in [7, 11) is -3.29. The van der Waals surface area contributed by atoms with Gasteiger partial charge in [-0.25, -0.2) is 8.42 Å². The molecule has 5 rings (SSSR count). The molecule has 3 aromatic rings. The van der Waals surface area contributed by atoms with E-state index in [1.54, 1.807) is 4.31 Å². The Morgan fingerprint density at radius 1 is 1.17 bits per heavy atom. The second kappa shape index (κ2) is 6.51. The lowest BCUT2D eigenvalue weighted by Gasteiger charge is -2.42. The van der Waals surface area contributed by atoms with Gasteiger partial charge in [-0.2, -0.15) is 0 Å². The molecule has 29 heavy (non-hydrogen) atoms. The van der Waals surface area contributed by atoms with Gasteiger partial charge in [0.15, 0.2) is 0 Å². The summed E-state index contributed by atoms with van der Waals surface area (Å²) in [4.78, 5) is 0. The average Bonchev–Trinajstić information content (AvgIpc) is 3.00. The molecular formula is C23H25ClN2O2S. The van der Waals surface area contributed by atoms with Crippen molar-refractivity contribution in [2.45, 2.75) is 52.6 Å². The predicted octanol–water partition coefficient (Wildman–Crippen LogP) is 5.45. The lowest BCUT2D eigenvalue weighted by Crippen LogP contribution is -2.50. The first kappa shape index (κ1) is 19.0. The van der Waals surface area contributed by atoms with Crippen molar-refractivity contribution in [1.29, 1.82) is 0 Å². The molecule has 1 atom stereocenters. The zero-order valence-electron chi connectivity index (χ0n) is 17.0. The van der Waals surface area contributed by atoms with Crippen LogP contribution in [0, 0.1) is 13.8 Å². The molecule has 1 aromatic heterocycles. The number of aromatic nitrogens is 1. The first-order valence-corrected chi connectivity index (χ1v) is 12.3. The molecule has 0 amide bonds. The largest absolute Gasteiger partial charge is 0.341 e. The zero-order valence-corrected chi connectivity index (χ0v) is 18.6. The molecule has 0 N–H and O–H groups in total. The highest BCUT2D eigenvalue weighted by Gasteiger charge is 2.41. The highest BCUT2D eigenvalue weighted by Crippen LogP contribution is 2.48. The van der Waals surface area contributed by atoms with Gasteiger partial charge in [0.05, 0.1) is 23.0 Å². The monoisotopic (exact) mass is 428 g/mol. The smallest absolute Gasteiger partial charge is 0.235 e. The topological polar surface area (TPSA) is 42.3 Å². The van der Waals surface area contributed by atoms with Crippen molar-refractivity contribution < 1.29 is 8.42 Å². The van der Waals surface area contributed by atoms with E-state index < -0.39 is 10.0 Å². The summed E-state index contributed by atoms with van der Waals surface area (Å²) in [6.45, 7) is 7.09. The van der Waals surface area contributed by atoms with Crippen LogP contribution >= 0.6 is 11.6 Å². The van der Waals surface area contributed by atoms with Crippen LogP contribution in [0.1, 0.15) is 36.6 Å². The van der Waals surface area contributed by atoms with Gasteiger partial charge in [-0.3, -0.25) is 4.31 Å². The van der Waals surface area contributed by atoms with Crippen molar-refractivity contribution in [3.63, 3.8) is 0 Å². The number of fused-ring (bicyclic) bond motifs is 2. The summed E-state index contributed by atoms with van der Waals surface area (Å²) in [5.74, 6) is 0.241. The van der Waals surface area contributed by atoms with Gasteiger partial charge >= 0.3 is 0 Å². The van der Waals surface area contributed by atoms with Crippen LogP contribution in [0.15, 0.2) is 30.3 Å². The van der Waals surface area contributed by atoms with Gasteiger partial charge in [0, 0.05) is 22.6 Å². The number of benzene rings is 2. The fourth-order valence-corrected chi connectivity index (χ4v) is 7.31. The Bertz CT molecular complexity index is 1240. The van der Waals surface area contributed by atoms with E-state index in [4.69, 9.17) is 11.6 Å². The maximum absolute atomic E-state index is 13.1. The zero-order chi connectivity index (χ0) is 20.5. The summed E-state index contributed by atoms with van der Waals surface area (Å²) in [6.07, 6.45) is 2.50. The van der Waals surface area contributed by atoms with E-state index in [0.717, 1.165) is 53.5 Å². The fourth-order valence-electron chi connectivity index (χ4n) is 5.33. The van der Waals surface area contributed by atoms with Crippen LogP contribution in [0.25, 0.3) is 22.0 Å². The van der Waals surface area contributed by atoms with Crippen LogP contribution in [-0.4, -0.2) is 24.8 Å². The van der Waals surface area contributed by atoms with E-state index in [9.17, 15) is 8.42 Å². The number of halogens is 1. The van der Waals surface area contributed by atoms with E-state index >= 15 is 0 Å². The van der Waals surface area contributed by atoms with E-state index in [-0.39, 0.29) is 11.8 Å². The standard InChI is InChI=1S/C23H25ClN2O2S/c1-4-19-15(3)22-23-20(21(19)16-7-9-17(24)10-8-16)12-14(2)25(23)13-18-6-5-11-29(27,28)26(18)22/h7-10,12,18H,4-6,11,13H2,1-3H3/t18-/m0/s1. The fraction of sp³-hybridized carbons (Fsp3) is 0.391. The molecule has 6 heteroatoms. The number of hydrogen-bond donors (Lipinski definition) is 0. The maximum atomic E-state index is 13.1. The van der Waals surface area contributed by atoms with E-state index in [2.05, 4.69) is 43.5 Å². The highest BCUT2D eigenvalue weighted by molar-refractivity contribution is 7.92. The Hall–Kier alpha value is -1.98. The molecular weight excluding hydrogens is 404 g/mol. The highest BCUT2D eigenvalue weighted by atomic mass is 35.5. The molecule has 0 bridgehead atoms. The number of sulfonamides is 1. The first-order valence-electron chi connectivity index (χ1n) is 10.3. The van der Waals surface area contributed by atoms with Gasteiger partial charge in [-0.1, -0.05) is 30.7 Å². The molecule has 152 valence electrons. The molecule has 0 aliphatic carbocycles. The molecule has 1 fully saturated rings. The summed E-state index contributed by atoms with van der Waals surface area (Å²) in [6, 6.07) is 10.2. The summed E-state index contributed by atoms with van der Waals surface area (Å²) in [5.41, 5.74) is 7.78. The van der Waals surface area contributed by atoms with Crippen LogP contribution < -0.4 is 4.31 Å². The first-order chi connectivity index (χ1) is 13.8. The number of rotatable bonds is 2.